The molecule has 1 aromatic carbocycles. The third-order valence-corrected chi connectivity index (χ3v) is 3.76. The maximum Gasteiger partial charge on any atom is 0.191 e. The van der Waals surface area contributed by atoms with E-state index >= 15 is 0 Å². The van der Waals surface area contributed by atoms with Gasteiger partial charge in [0.25, 0.3) is 0 Å². The third-order valence-electron chi connectivity index (χ3n) is 3.76. The second-order valence-electron chi connectivity index (χ2n) is 6.11. The van der Waals surface area contributed by atoms with Gasteiger partial charge in [-0.3, -0.25) is 0 Å². The van der Waals surface area contributed by atoms with E-state index in [0.29, 0.717) is 18.3 Å². The molecule has 1 heterocycles. The fraction of sp³-hybridized carbons (Fsp3) is 0.421. The molecule has 144 valence electrons. The largest absolute Gasteiger partial charge is 0.466 e. The maximum absolute atomic E-state index is 13.2. The second kappa shape index (κ2) is 11.2. The lowest BCUT2D eigenvalue weighted by Gasteiger charge is -2.19. The zero-order chi connectivity index (χ0) is 18.1. The number of benzene rings is 1. The minimum Gasteiger partial charge on any atom is -0.466 e. The third kappa shape index (κ3) is 7.33. The Morgan fingerprint density at radius 2 is 2.08 bits per heavy atom. The topological polar surface area (TPSA) is 69.8 Å². The predicted octanol–water partition coefficient (Wildman–Crippen LogP) is 3.43. The van der Waals surface area contributed by atoms with Crippen molar-refractivity contribution in [3.63, 3.8) is 0 Å². The van der Waals surface area contributed by atoms with Crippen LogP contribution in [0.4, 0.5) is 4.39 Å². The van der Waals surface area contributed by atoms with E-state index < -0.39 is 5.60 Å². The number of halogens is 2. The Balaban J connectivity index is 0.00000338. The van der Waals surface area contributed by atoms with Crippen LogP contribution in [0.3, 0.4) is 0 Å². The van der Waals surface area contributed by atoms with Crippen molar-refractivity contribution in [1.29, 1.82) is 0 Å². The molecule has 0 fully saturated rings. The summed E-state index contributed by atoms with van der Waals surface area (Å²) < 4.78 is 18.4. The van der Waals surface area contributed by atoms with Gasteiger partial charge in [0.1, 0.15) is 17.2 Å². The summed E-state index contributed by atoms with van der Waals surface area (Å²) in [7, 11) is 0. The summed E-state index contributed by atoms with van der Waals surface area (Å²) in [6.45, 7) is 5.25. The van der Waals surface area contributed by atoms with Crippen molar-refractivity contribution in [1.82, 2.24) is 10.6 Å². The fourth-order valence-electron chi connectivity index (χ4n) is 2.43. The molecule has 0 saturated heterocycles. The lowest BCUT2D eigenvalue weighted by molar-refractivity contribution is 0.0437. The molecule has 0 aliphatic carbocycles. The van der Waals surface area contributed by atoms with Gasteiger partial charge >= 0.3 is 0 Å². The second-order valence-corrected chi connectivity index (χ2v) is 6.11. The molecule has 0 aliphatic heterocycles. The molecular weight excluding hydrogens is 448 g/mol. The molecule has 1 unspecified atom stereocenters. The van der Waals surface area contributed by atoms with Crippen LogP contribution in [0.1, 0.15) is 31.6 Å². The zero-order valence-electron chi connectivity index (χ0n) is 15.2. The minimum atomic E-state index is -1.16. The van der Waals surface area contributed by atoms with Gasteiger partial charge in [-0.05, 0) is 56.5 Å². The zero-order valence-corrected chi connectivity index (χ0v) is 17.5. The number of aliphatic hydroxyl groups is 1. The molecule has 0 bridgehead atoms. The van der Waals surface area contributed by atoms with Crippen LogP contribution in [0.5, 0.6) is 0 Å². The number of furan rings is 1. The lowest BCUT2D eigenvalue weighted by Crippen LogP contribution is -2.39. The Hall–Kier alpha value is -1.61. The summed E-state index contributed by atoms with van der Waals surface area (Å²) in [6.07, 6.45) is 3.17. The number of hydrogen-bond donors (Lipinski definition) is 3. The normalized spacial score (nSPS) is 13.6. The van der Waals surface area contributed by atoms with Gasteiger partial charge in [-0.25, -0.2) is 9.38 Å². The van der Waals surface area contributed by atoms with E-state index in [1.165, 1.54) is 12.3 Å². The first-order valence-electron chi connectivity index (χ1n) is 8.54. The number of aryl methyl sites for hydroxylation is 1. The van der Waals surface area contributed by atoms with Crippen LogP contribution >= 0.6 is 24.0 Å². The smallest absolute Gasteiger partial charge is 0.191 e. The molecule has 5 nitrogen and oxygen atoms in total. The highest BCUT2D eigenvalue weighted by Crippen LogP contribution is 2.20. The first kappa shape index (κ1) is 22.4. The maximum atomic E-state index is 13.2. The number of guanidine groups is 1. The Labute approximate surface area is 171 Å². The summed E-state index contributed by atoms with van der Waals surface area (Å²) in [5, 5.41) is 16.8. The van der Waals surface area contributed by atoms with Crippen molar-refractivity contribution < 1.29 is 13.9 Å². The SMILES string of the molecule is CCNC(=NCC(C)(O)c1ccco1)NCCCc1cccc(F)c1.I. The van der Waals surface area contributed by atoms with Gasteiger partial charge in [0.05, 0.1) is 12.8 Å². The van der Waals surface area contributed by atoms with E-state index in [-0.39, 0.29) is 36.3 Å². The van der Waals surface area contributed by atoms with E-state index in [4.69, 9.17) is 4.42 Å². The van der Waals surface area contributed by atoms with E-state index in [1.807, 2.05) is 13.0 Å². The highest BCUT2D eigenvalue weighted by Gasteiger charge is 2.25. The van der Waals surface area contributed by atoms with E-state index in [9.17, 15) is 9.50 Å². The molecule has 0 saturated carbocycles. The van der Waals surface area contributed by atoms with Gasteiger partial charge in [-0.15, -0.1) is 24.0 Å². The van der Waals surface area contributed by atoms with Crippen LogP contribution < -0.4 is 10.6 Å². The summed E-state index contributed by atoms with van der Waals surface area (Å²) in [6, 6.07) is 10.1. The Morgan fingerprint density at radius 3 is 2.73 bits per heavy atom. The van der Waals surface area contributed by atoms with Crippen LogP contribution in [0.25, 0.3) is 0 Å². The van der Waals surface area contributed by atoms with E-state index in [0.717, 1.165) is 24.9 Å². The number of rotatable bonds is 8. The highest BCUT2D eigenvalue weighted by molar-refractivity contribution is 14.0. The molecule has 3 N–H and O–H groups in total. The Morgan fingerprint density at radius 1 is 1.27 bits per heavy atom. The molecule has 26 heavy (non-hydrogen) atoms. The first-order chi connectivity index (χ1) is 12.0. The summed E-state index contributed by atoms with van der Waals surface area (Å²) in [5.41, 5.74) is -0.183. The number of nitrogens with zero attached hydrogens (tertiary/aromatic N) is 1. The van der Waals surface area contributed by atoms with Gasteiger partial charge in [0, 0.05) is 13.1 Å². The minimum absolute atomic E-state index is 0. The molecule has 0 spiro atoms. The number of aliphatic imine (C=N–C) groups is 1. The summed E-state index contributed by atoms with van der Waals surface area (Å²) >= 11 is 0. The average Bonchev–Trinajstić information content (AvgIpc) is 3.12. The first-order valence-corrected chi connectivity index (χ1v) is 8.54. The Kier molecular flexibility index (Phi) is 9.64. The van der Waals surface area contributed by atoms with Gasteiger partial charge in [0.2, 0.25) is 0 Å². The molecule has 0 amide bonds. The predicted molar refractivity (Wildman–Crippen MR) is 112 cm³/mol. The molecule has 0 radical (unpaired) electrons. The monoisotopic (exact) mass is 475 g/mol. The fourth-order valence-corrected chi connectivity index (χ4v) is 2.43. The van der Waals surface area contributed by atoms with Gasteiger partial charge in [0.15, 0.2) is 5.96 Å². The molecule has 1 aromatic heterocycles. The molecule has 7 heteroatoms. The van der Waals surface area contributed by atoms with Gasteiger partial charge in [-0.2, -0.15) is 0 Å². The quantitative estimate of drug-likeness (QED) is 0.237. The molecule has 2 aromatic rings. The molecular formula is C19H27FIN3O2. The van der Waals surface area contributed by atoms with Gasteiger partial charge in [-0.1, -0.05) is 12.1 Å². The van der Waals surface area contributed by atoms with Crippen LogP contribution in [-0.4, -0.2) is 30.7 Å². The van der Waals surface area contributed by atoms with Crippen molar-refractivity contribution in [2.24, 2.45) is 4.99 Å². The van der Waals surface area contributed by atoms with Crippen molar-refractivity contribution in [2.75, 3.05) is 19.6 Å². The van der Waals surface area contributed by atoms with Crippen LogP contribution in [-0.2, 0) is 12.0 Å². The van der Waals surface area contributed by atoms with Crippen molar-refractivity contribution in [3.05, 3.63) is 59.8 Å². The number of hydrogen-bond acceptors (Lipinski definition) is 3. The van der Waals surface area contributed by atoms with Crippen molar-refractivity contribution in [2.45, 2.75) is 32.3 Å². The van der Waals surface area contributed by atoms with Gasteiger partial charge < -0.3 is 20.2 Å². The number of nitrogens with one attached hydrogen (secondary N) is 2. The summed E-state index contributed by atoms with van der Waals surface area (Å²) in [5.74, 6) is 0.910. The van der Waals surface area contributed by atoms with Crippen molar-refractivity contribution >= 4 is 29.9 Å². The van der Waals surface area contributed by atoms with Crippen LogP contribution in [0.15, 0.2) is 52.1 Å². The van der Waals surface area contributed by atoms with Crippen LogP contribution in [0.2, 0.25) is 0 Å². The average molecular weight is 475 g/mol. The van der Waals surface area contributed by atoms with Crippen LogP contribution in [0, 0.1) is 5.82 Å². The standard InChI is InChI=1S/C19H26FN3O2.HI/c1-3-21-18(23-14-19(2,24)17-10-6-12-25-17)22-11-5-8-15-7-4-9-16(20)13-15;/h4,6-7,9-10,12-13,24H,3,5,8,11,14H2,1-2H3,(H2,21,22,23);1H. The highest BCUT2D eigenvalue weighted by atomic mass is 127. The Bertz CT molecular complexity index is 675. The molecule has 0 aliphatic rings. The molecule has 2 rings (SSSR count). The van der Waals surface area contributed by atoms with E-state index in [1.54, 1.807) is 31.2 Å². The lowest BCUT2D eigenvalue weighted by atomic mass is 10.0. The summed E-state index contributed by atoms with van der Waals surface area (Å²) in [4.78, 5) is 4.42. The van der Waals surface area contributed by atoms with E-state index in [2.05, 4.69) is 15.6 Å². The van der Waals surface area contributed by atoms with Crippen molar-refractivity contribution in [3.8, 4) is 0 Å². The molecule has 1 atom stereocenters.